The minimum Gasteiger partial charge on any atom is -0.373 e. The molecule has 1 aromatic carbocycles. The number of hydrogen-bond donors (Lipinski definition) is 4. The third-order valence-electron chi connectivity index (χ3n) is 5.07. The SMILES string of the molecule is CNC(=O)C(Nc1cc(=O)[nH]c2ccc(Nc3ccnc(Cl)c3C#N)cc12)C1CC1. The number of aromatic nitrogens is 2. The summed E-state index contributed by atoms with van der Waals surface area (Å²) >= 11 is 6.01. The summed E-state index contributed by atoms with van der Waals surface area (Å²) in [5.74, 6) is 0.142. The molecule has 1 unspecified atom stereocenters. The second kappa shape index (κ2) is 8.05. The zero-order valence-corrected chi connectivity index (χ0v) is 16.9. The Morgan fingerprint density at radius 2 is 2.10 bits per heavy atom. The number of carbonyl (C=O) groups excluding carboxylic acids is 1. The van der Waals surface area contributed by atoms with Gasteiger partial charge >= 0.3 is 0 Å². The van der Waals surface area contributed by atoms with Crippen LogP contribution < -0.4 is 21.5 Å². The van der Waals surface area contributed by atoms with E-state index in [2.05, 4.69) is 25.9 Å². The molecule has 3 aromatic rings. The van der Waals surface area contributed by atoms with Crippen LogP contribution >= 0.6 is 11.6 Å². The number of nitrogens with one attached hydrogen (secondary N) is 4. The van der Waals surface area contributed by atoms with Gasteiger partial charge in [0, 0.05) is 36.1 Å². The fraction of sp³-hybridized carbons (Fsp3) is 0.238. The molecule has 0 spiro atoms. The first-order valence-electron chi connectivity index (χ1n) is 9.47. The van der Waals surface area contributed by atoms with E-state index in [9.17, 15) is 14.9 Å². The van der Waals surface area contributed by atoms with E-state index in [0.29, 0.717) is 22.6 Å². The van der Waals surface area contributed by atoms with Crippen LogP contribution in [0.2, 0.25) is 5.15 Å². The Morgan fingerprint density at radius 1 is 1.30 bits per heavy atom. The average Bonchev–Trinajstić information content (AvgIpc) is 3.57. The van der Waals surface area contributed by atoms with Crippen molar-refractivity contribution >= 4 is 45.5 Å². The van der Waals surface area contributed by atoms with Crippen LogP contribution in [-0.2, 0) is 4.79 Å². The topological polar surface area (TPSA) is 123 Å². The van der Waals surface area contributed by atoms with E-state index in [0.717, 1.165) is 18.2 Å². The number of carbonyl (C=O) groups is 1. The van der Waals surface area contributed by atoms with Gasteiger partial charge in [-0.1, -0.05) is 11.6 Å². The maximum absolute atomic E-state index is 12.3. The smallest absolute Gasteiger partial charge is 0.250 e. The molecule has 1 aliphatic rings. The van der Waals surface area contributed by atoms with E-state index in [-0.39, 0.29) is 28.1 Å². The van der Waals surface area contributed by atoms with Crippen molar-refractivity contribution in [1.29, 1.82) is 5.26 Å². The zero-order chi connectivity index (χ0) is 21.3. The maximum Gasteiger partial charge on any atom is 0.250 e. The van der Waals surface area contributed by atoms with Crippen LogP contribution in [0.5, 0.6) is 0 Å². The molecular weight excluding hydrogens is 404 g/mol. The first-order valence-corrected chi connectivity index (χ1v) is 9.85. The van der Waals surface area contributed by atoms with E-state index >= 15 is 0 Å². The van der Waals surface area contributed by atoms with Gasteiger partial charge in [0.05, 0.1) is 11.2 Å². The molecule has 1 fully saturated rings. The average molecular weight is 423 g/mol. The highest BCUT2D eigenvalue weighted by Gasteiger charge is 2.36. The van der Waals surface area contributed by atoms with Gasteiger partial charge in [0.2, 0.25) is 11.5 Å². The van der Waals surface area contributed by atoms with Crippen LogP contribution in [0.15, 0.2) is 41.3 Å². The van der Waals surface area contributed by atoms with E-state index < -0.39 is 6.04 Å². The number of nitrogens with zero attached hydrogens (tertiary/aromatic N) is 2. The zero-order valence-electron chi connectivity index (χ0n) is 16.1. The quantitative estimate of drug-likeness (QED) is 0.452. The standard InChI is InChI=1S/C21H19ClN6O2/c1-24-21(30)19(11-2-3-11)28-17-9-18(29)27-15-5-4-12(8-13(15)17)26-16-6-7-25-20(22)14(16)10-23/h4-9,11,19H,2-3H2,1H3,(H,24,30)(H,25,26)(H2,27,28,29). The molecule has 152 valence electrons. The van der Waals surface area contributed by atoms with Gasteiger partial charge in [0.25, 0.3) is 0 Å². The highest BCUT2D eigenvalue weighted by molar-refractivity contribution is 6.31. The molecule has 2 heterocycles. The van der Waals surface area contributed by atoms with E-state index in [4.69, 9.17) is 11.6 Å². The Labute approximate surface area is 177 Å². The maximum atomic E-state index is 12.3. The number of likely N-dealkylation sites (N-methyl/N-ethyl adjacent to an activating group) is 1. The number of rotatable bonds is 6. The molecule has 0 aliphatic heterocycles. The lowest BCUT2D eigenvalue weighted by atomic mass is 10.1. The Hall–Kier alpha value is -3.57. The van der Waals surface area contributed by atoms with Gasteiger partial charge in [-0.3, -0.25) is 9.59 Å². The molecule has 1 aliphatic carbocycles. The summed E-state index contributed by atoms with van der Waals surface area (Å²) in [6, 6.07) is 10.2. The molecule has 30 heavy (non-hydrogen) atoms. The first kappa shape index (κ1) is 19.7. The summed E-state index contributed by atoms with van der Waals surface area (Å²) in [7, 11) is 1.60. The van der Waals surface area contributed by atoms with Crippen LogP contribution in [0.1, 0.15) is 18.4 Å². The highest BCUT2D eigenvalue weighted by atomic mass is 35.5. The summed E-state index contributed by atoms with van der Waals surface area (Å²) in [6.45, 7) is 0. The molecular formula is C21H19ClN6O2. The number of hydrogen-bond acceptors (Lipinski definition) is 6. The Bertz CT molecular complexity index is 1230. The summed E-state index contributed by atoms with van der Waals surface area (Å²) in [5.41, 5.74) is 2.41. The monoisotopic (exact) mass is 422 g/mol. The minimum atomic E-state index is -0.402. The van der Waals surface area contributed by atoms with E-state index in [1.807, 2.05) is 12.1 Å². The van der Waals surface area contributed by atoms with Crippen molar-refractivity contribution in [2.75, 3.05) is 17.7 Å². The molecule has 0 bridgehead atoms. The second-order valence-corrected chi connectivity index (χ2v) is 7.50. The lowest BCUT2D eigenvalue weighted by Gasteiger charge is -2.19. The molecule has 4 N–H and O–H groups in total. The molecule has 0 radical (unpaired) electrons. The van der Waals surface area contributed by atoms with Gasteiger partial charge in [-0.05, 0) is 43.0 Å². The molecule has 1 atom stereocenters. The summed E-state index contributed by atoms with van der Waals surface area (Å²) in [6.07, 6.45) is 3.46. The summed E-state index contributed by atoms with van der Waals surface area (Å²) < 4.78 is 0. The van der Waals surface area contributed by atoms with Crippen molar-refractivity contribution in [3.05, 3.63) is 57.6 Å². The van der Waals surface area contributed by atoms with Crippen molar-refractivity contribution < 1.29 is 4.79 Å². The van der Waals surface area contributed by atoms with Crippen LogP contribution in [0.25, 0.3) is 10.9 Å². The molecule has 0 saturated heterocycles. The minimum absolute atomic E-state index is 0.106. The van der Waals surface area contributed by atoms with Crippen LogP contribution in [0.3, 0.4) is 0 Å². The van der Waals surface area contributed by atoms with Crippen molar-refractivity contribution in [3.63, 3.8) is 0 Å². The van der Waals surface area contributed by atoms with Gasteiger partial charge in [0.15, 0.2) is 0 Å². The van der Waals surface area contributed by atoms with Gasteiger partial charge in [-0.25, -0.2) is 4.98 Å². The van der Waals surface area contributed by atoms with E-state index in [1.165, 1.54) is 12.3 Å². The summed E-state index contributed by atoms with van der Waals surface area (Å²) in [4.78, 5) is 31.2. The predicted octanol–water partition coefficient (Wildman–Crippen LogP) is 3.13. The number of halogens is 1. The second-order valence-electron chi connectivity index (χ2n) is 7.14. The lowest BCUT2D eigenvalue weighted by Crippen LogP contribution is -2.39. The largest absolute Gasteiger partial charge is 0.373 e. The van der Waals surface area contributed by atoms with Gasteiger partial charge in [-0.15, -0.1) is 0 Å². The van der Waals surface area contributed by atoms with E-state index in [1.54, 1.807) is 25.2 Å². The van der Waals surface area contributed by atoms with Crippen LogP contribution in [0, 0.1) is 17.2 Å². The third kappa shape index (κ3) is 3.93. The fourth-order valence-corrected chi connectivity index (χ4v) is 3.60. The molecule has 9 heteroatoms. The number of anilines is 3. The number of nitriles is 1. The van der Waals surface area contributed by atoms with Crippen molar-refractivity contribution in [2.24, 2.45) is 5.92 Å². The Balaban J connectivity index is 1.73. The number of fused-ring (bicyclic) bond motifs is 1. The number of H-pyrrole nitrogens is 1. The summed E-state index contributed by atoms with van der Waals surface area (Å²) in [5, 5.41) is 19.3. The molecule has 2 aromatic heterocycles. The van der Waals surface area contributed by atoms with Crippen molar-refractivity contribution in [3.8, 4) is 6.07 Å². The normalized spacial score (nSPS) is 14.0. The predicted molar refractivity (Wildman–Crippen MR) is 116 cm³/mol. The fourth-order valence-electron chi connectivity index (χ4n) is 3.40. The Morgan fingerprint density at radius 3 is 2.80 bits per heavy atom. The lowest BCUT2D eigenvalue weighted by molar-refractivity contribution is -0.121. The number of amides is 1. The van der Waals surface area contributed by atoms with Gasteiger partial charge in [0.1, 0.15) is 22.8 Å². The number of benzene rings is 1. The molecule has 1 amide bonds. The Kier molecular flexibility index (Phi) is 5.29. The molecule has 4 rings (SSSR count). The van der Waals surface area contributed by atoms with Gasteiger partial charge < -0.3 is 20.9 Å². The van der Waals surface area contributed by atoms with Crippen molar-refractivity contribution in [1.82, 2.24) is 15.3 Å². The number of pyridine rings is 2. The van der Waals surface area contributed by atoms with Crippen LogP contribution in [-0.4, -0.2) is 29.0 Å². The first-order chi connectivity index (χ1) is 14.5. The number of aromatic amines is 1. The van der Waals surface area contributed by atoms with Crippen LogP contribution in [0.4, 0.5) is 17.1 Å². The van der Waals surface area contributed by atoms with Crippen molar-refractivity contribution in [2.45, 2.75) is 18.9 Å². The third-order valence-corrected chi connectivity index (χ3v) is 5.36. The molecule has 1 saturated carbocycles. The highest BCUT2D eigenvalue weighted by Crippen LogP contribution is 2.36. The van der Waals surface area contributed by atoms with Gasteiger partial charge in [-0.2, -0.15) is 5.26 Å². The molecule has 8 nitrogen and oxygen atoms in total.